The average molecular weight is 303 g/mol. The number of aliphatic imine (C=N–C) groups is 1. The fourth-order valence-electron chi connectivity index (χ4n) is 2.41. The molecule has 2 heteroatoms. The lowest BCUT2D eigenvalue weighted by molar-refractivity contribution is 0.132. The maximum atomic E-state index is 5.98. The van der Waals surface area contributed by atoms with Crippen LogP contribution in [0.3, 0.4) is 0 Å². The van der Waals surface area contributed by atoms with Gasteiger partial charge in [-0.3, -0.25) is 4.99 Å². The van der Waals surface area contributed by atoms with E-state index in [0.29, 0.717) is 0 Å². The quantitative estimate of drug-likeness (QED) is 0.563. The summed E-state index contributed by atoms with van der Waals surface area (Å²) in [6.07, 6.45) is 1.89. The molecule has 0 N–H and O–H groups in total. The van der Waals surface area contributed by atoms with Gasteiger partial charge in [0.15, 0.2) is 0 Å². The Hall–Kier alpha value is -2.61. The molecule has 0 saturated carbocycles. The van der Waals surface area contributed by atoms with Gasteiger partial charge in [0.1, 0.15) is 17.0 Å². The van der Waals surface area contributed by atoms with Crippen molar-refractivity contribution in [3.05, 3.63) is 72.3 Å². The summed E-state index contributed by atoms with van der Waals surface area (Å²) in [7, 11) is 0. The molecule has 0 saturated heterocycles. The van der Waals surface area contributed by atoms with Gasteiger partial charge in [-0.25, -0.2) is 0 Å². The minimum absolute atomic E-state index is 0.241. The number of rotatable bonds is 3. The largest absolute Gasteiger partial charge is 0.486 e. The third kappa shape index (κ3) is 3.98. The number of ether oxygens (including phenoxy) is 1. The molecule has 116 valence electrons. The summed E-state index contributed by atoms with van der Waals surface area (Å²) >= 11 is 0. The maximum absolute atomic E-state index is 5.98. The van der Waals surface area contributed by atoms with Crippen molar-refractivity contribution in [1.29, 1.82) is 0 Å². The zero-order valence-corrected chi connectivity index (χ0v) is 13.8. The van der Waals surface area contributed by atoms with Crippen LogP contribution < -0.4 is 4.74 Å². The number of benzene rings is 3. The first-order valence-corrected chi connectivity index (χ1v) is 7.82. The van der Waals surface area contributed by atoms with Crippen LogP contribution in [0.1, 0.15) is 26.3 Å². The van der Waals surface area contributed by atoms with Crippen molar-refractivity contribution in [3.8, 4) is 5.75 Å². The lowest BCUT2D eigenvalue weighted by atomic mass is 10.1. The summed E-state index contributed by atoms with van der Waals surface area (Å²) in [4.78, 5) is 4.62. The highest BCUT2D eigenvalue weighted by Crippen LogP contribution is 2.30. The molecule has 3 rings (SSSR count). The topological polar surface area (TPSA) is 21.6 Å². The van der Waals surface area contributed by atoms with E-state index in [2.05, 4.69) is 47.5 Å². The van der Waals surface area contributed by atoms with Crippen molar-refractivity contribution in [3.63, 3.8) is 0 Å². The van der Waals surface area contributed by atoms with Crippen molar-refractivity contribution in [2.45, 2.75) is 26.4 Å². The molecule has 0 radical (unpaired) electrons. The Morgan fingerprint density at radius 1 is 0.826 bits per heavy atom. The number of fused-ring (bicyclic) bond motifs is 1. The molecular formula is C21H21NO. The van der Waals surface area contributed by atoms with Crippen molar-refractivity contribution in [2.24, 2.45) is 4.99 Å². The molecule has 3 aromatic rings. The van der Waals surface area contributed by atoms with Gasteiger partial charge < -0.3 is 4.74 Å². The van der Waals surface area contributed by atoms with Gasteiger partial charge in [-0.05, 0) is 55.3 Å². The minimum Gasteiger partial charge on any atom is -0.486 e. The van der Waals surface area contributed by atoms with Crippen LogP contribution in [0.4, 0.5) is 5.69 Å². The fraction of sp³-hybridized carbons (Fsp3) is 0.190. The van der Waals surface area contributed by atoms with Crippen LogP contribution in [0.15, 0.2) is 71.7 Å². The van der Waals surface area contributed by atoms with E-state index in [1.165, 1.54) is 10.8 Å². The van der Waals surface area contributed by atoms with Gasteiger partial charge in [0.2, 0.25) is 0 Å². The third-order valence-electron chi connectivity index (χ3n) is 3.41. The third-order valence-corrected chi connectivity index (χ3v) is 3.41. The molecular weight excluding hydrogens is 282 g/mol. The second-order valence-corrected chi connectivity index (χ2v) is 6.55. The van der Waals surface area contributed by atoms with Crippen molar-refractivity contribution in [1.82, 2.24) is 0 Å². The Morgan fingerprint density at radius 3 is 2.30 bits per heavy atom. The zero-order chi connectivity index (χ0) is 16.3. The van der Waals surface area contributed by atoms with E-state index in [0.717, 1.165) is 17.0 Å². The molecule has 3 aromatic carbocycles. The molecule has 0 aromatic heterocycles. The van der Waals surface area contributed by atoms with E-state index in [9.17, 15) is 0 Å². The molecule has 0 heterocycles. The first kappa shape index (κ1) is 15.3. The van der Waals surface area contributed by atoms with E-state index >= 15 is 0 Å². The molecule has 0 fully saturated rings. The summed E-state index contributed by atoms with van der Waals surface area (Å²) in [5.74, 6) is 0.803. The molecule has 0 spiro atoms. The van der Waals surface area contributed by atoms with Gasteiger partial charge in [-0.15, -0.1) is 0 Å². The van der Waals surface area contributed by atoms with Gasteiger partial charge in [-0.2, -0.15) is 0 Å². The van der Waals surface area contributed by atoms with Crippen LogP contribution in [0, 0.1) is 0 Å². The molecule has 0 bridgehead atoms. The molecule has 0 amide bonds. The summed E-state index contributed by atoms with van der Waals surface area (Å²) < 4.78 is 5.98. The average Bonchev–Trinajstić information content (AvgIpc) is 2.52. The smallest absolute Gasteiger partial charge is 0.145 e. The minimum atomic E-state index is -0.241. The molecule has 0 atom stereocenters. The summed E-state index contributed by atoms with van der Waals surface area (Å²) in [5.41, 5.74) is 1.68. The Balaban J connectivity index is 1.89. The fourth-order valence-corrected chi connectivity index (χ4v) is 2.41. The Labute approximate surface area is 137 Å². The van der Waals surface area contributed by atoms with Crippen molar-refractivity contribution < 1.29 is 4.74 Å². The monoisotopic (exact) mass is 303 g/mol. The molecule has 23 heavy (non-hydrogen) atoms. The van der Waals surface area contributed by atoms with E-state index in [1.54, 1.807) is 0 Å². The van der Waals surface area contributed by atoms with E-state index in [1.807, 2.05) is 51.3 Å². The van der Waals surface area contributed by atoms with Gasteiger partial charge in [0.25, 0.3) is 0 Å². The molecule has 0 aliphatic heterocycles. The standard InChI is InChI=1S/C21H21NO/c1-21(2,3)23-20-11-7-6-10-19(20)22-15-16-12-13-17-8-4-5-9-18(17)14-16/h4-15H,1-3H3/b22-15+. The van der Waals surface area contributed by atoms with Crippen LogP contribution in [-0.4, -0.2) is 11.8 Å². The first-order chi connectivity index (χ1) is 11.0. The first-order valence-electron chi connectivity index (χ1n) is 7.82. The number of nitrogens with zero attached hydrogens (tertiary/aromatic N) is 1. The van der Waals surface area contributed by atoms with Gasteiger partial charge in [0.05, 0.1) is 0 Å². The molecule has 0 aliphatic rings. The highest BCUT2D eigenvalue weighted by atomic mass is 16.5. The van der Waals surface area contributed by atoms with Crippen LogP contribution >= 0.6 is 0 Å². The predicted octanol–water partition coefficient (Wildman–Crippen LogP) is 5.77. The Morgan fingerprint density at radius 2 is 1.52 bits per heavy atom. The highest BCUT2D eigenvalue weighted by Gasteiger charge is 2.13. The molecule has 0 aliphatic carbocycles. The lowest BCUT2D eigenvalue weighted by Crippen LogP contribution is -2.22. The Kier molecular flexibility index (Phi) is 4.16. The van der Waals surface area contributed by atoms with Crippen LogP contribution in [0.2, 0.25) is 0 Å². The summed E-state index contributed by atoms with van der Waals surface area (Å²) in [6.45, 7) is 6.12. The van der Waals surface area contributed by atoms with Crippen LogP contribution in [0.5, 0.6) is 5.75 Å². The summed E-state index contributed by atoms with van der Waals surface area (Å²) in [5, 5.41) is 2.46. The second-order valence-electron chi connectivity index (χ2n) is 6.55. The van der Waals surface area contributed by atoms with Gasteiger partial charge in [-0.1, -0.05) is 48.5 Å². The Bertz CT molecular complexity index is 844. The SMILES string of the molecule is CC(C)(C)Oc1ccccc1/N=C/c1ccc2ccccc2c1. The van der Waals surface area contributed by atoms with Crippen LogP contribution in [-0.2, 0) is 0 Å². The van der Waals surface area contributed by atoms with Crippen molar-refractivity contribution >= 4 is 22.7 Å². The van der Waals surface area contributed by atoms with Gasteiger partial charge in [0, 0.05) is 6.21 Å². The second kappa shape index (κ2) is 6.25. The van der Waals surface area contributed by atoms with E-state index < -0.39 is 0 Å². The van der Waals surface area contributed by atoms with Gasteiger partial charge >= 0.3 is 0 Å². The lowest BCUT2D eigenvalue weighted by Gasteiger charge is -2.22. The zero-order valence-electron chi connectivity index (χ0n) is 13.8. The van der Waals surface area contributed by atoms with Crippen LogP contribution in [0.25, 0.3) is 10.8 Å². The highest BCUT2D eigenvalue weighted by molar-refractivity contribution is 5.91. The normalized spacial score (nSPS) is 12.0. The predicted molar refractivity (Wildman–Crippen MR) is 98.0 cm³/mol. The number of hydrogen-bond acceptors (Lipinski definition) is 2. The number of hydrogen-bond donors (Lipinski definition) is 0. The number of para-hydroxylation sites is 2. The molecule has 2 nitrogen and oxygen atoms in total. The maximum Gasteiger partial charge on any atom is 0.145 e. The molecule has 0 unspecified atom stereocenters. The van der Waals surface area contributed by atoms with E-state index in [-0.39, 0.29) is 5.60 Å². The summed E-state index contributed by atoms with van der Waals surface area (Å²) in [6, 6.07) is 22.5. The van der Waals surface area contributed by atoms with Crippen molar-refractivity contribution in [2.75, 3.05) is 0 Å². The van der Waals surface area contributed by atoms with E-state index in [4.69, 9.17) is 4.74 Å².